The van der Waals surface area contributed by atoms with Crippen molar-refractivity contribution in [1.82, 2.24) is 9.89 Å². The molecule has 5 nitrogen and oxygen atoms in total. The Balaban J connectivity index is 2.94. The van der Waals surface area contributed by atoms with Crippen LogP contribution in [0.3, 0.4) is 0 Å². The summed E-state index contributed by atoms with van der Waals surface area (Å²) in [4.78, 5) is 1.57. The van der Waals surface area contributed by atoms with Crippen LogP contribution in [0.2, 0.25) is 0 Å². The van der Waals surface area contributed by atoms with Gasteiger partial charge in [-0.3, -0.25) is 5.41 Å². The molecule has 7 heteroatoms. The van der Waals surface area contributed by atoms with Crippen LogP contribution in [0.25, 0.3) is 0 Å². The minimum Gasteiger partial charge on any atom is -0.272 e. The molecule has 2 unspecified atom stereocenters. The first-order chi connectivity index (χ1) is 6.50. The van der Waals surface area contributed by atoms with E-state index in [0.717, 1.165) is 5.01 Å². The van der Waals surface area contributed by atoms with Crippen LogP contribution in [0.4, 0.5) is 0 Å². The van der Waals surface area contributed by atoms with Gasteiger partial charge in [-0.2, -0.15) is 5.11 Å². The van der Waals surface area contributed by atoms with Crippen LogP contribution in [0.5, 0.6) is 0 Å². The molecular formula is C7H14N5PS. The molecule has 0 amide bonds. The largest absolute Gasteiger partial charge is 0.272 e. The summed E-state index contributed by atoms with van der Waals surface area (Å²) in [5.74, 6) is 0.375. The smallest absolute Gasteiger partial charge is 0.225 e. The zero-order valence-electron chi connectivity index (χ0n) is 8.43. The van der Waals surface area contributed by atoms with Crippen molar-refractivity contribution in [2.45, 2.75) is 32.5 Å². The second-order valence-electron chi connectivity index (χ2n) is 3.24. The maximum absolute atomic E-state index is 7.59. The normalized spacial score (nSPS) is 14.1. The average molecular weight is 231 g/mol. The Morgan fingerprint density at radius 1 is 1.50 bits per heavy atom. The predicted molar refractivity (Wildman–Crippen MR) is 59.5 cm³/mol. The molecule has 14 heavy (non-hydrogen) atoms. The Kier molecular flexibility index (Phi) is 3.89. The first-order valence-corrected chi connectivity index (χ1v) is 5.80. The second kappa shape index (κ2) is 4.75. The molecule has 1 N–H and O–H groups in total. The van der Waals surface area contributed by atoms with E-state index in [2.05, 4.69) is 24.7 Å². The first-order valence-electron chi connectivity index (χ1n) is 4.32. The molecule has 0 aliphatic rings. The van der Waals surface area contributed by atoms with Gasteiger partial charge < -0.3 is 0 Å². The molecule has 0 radical (unpaired) electrons. The summed E-state index contributed by atoms with van der Waals surface area (Å²) in [6.07, 6.45) is 0. The minimum absolute atomic E-state index is 0.0473. The van der Waals surface area contributed by atoms with Crippen LogP contribution >= 0.6 is 20.6 Å². The van der Waals surface area contributed by atoms with Crippen molar-refractivity contribution in [3.05, 3.63) is 9.81 Å². The molecule has 0 saturated heterocycles. The molecule has 0 spiro atoms. The van der Waals surface area contributed by atoms with E-state index in [1.54, 1.807) is 0 Å². The van der Waals surface area contributed by atoms with Gasteiger partial charge in [-0.1, -0.05) is 25.2 Å². The van der Waals surface area contributed by atoms with Crippen molar-refractivity contribution >= 4 is 20.6 Å². The SMILES string of the molecule is CC(P)N=Nn1nc(C(C)C)sc1=N. The molecule has 0 aliphatic heterocycles. The van der Waals surface area contributed by atoms with E-state index >= 15 is 0 Å². The maximum atomic E-state index is 7.59. The van der Waals surface area contributed by atoms with E-state index in [4.69, 9.17) is 5.41 Å². The molecule has 78 valence electrons. The summed E-state index contributed by atoms with van der Waals surface area (Å²) >= 11 is 1.33. The van der Waals surface area contributed by atoms with Gasteiger partial charge in [-0.15, -0.1) is 19.1 Å². The monoisotopic (exact) mass is 231 g/mol. The van der Waals surface area contributed by atoms with Crippen LogP contribution in [-0.4, -0.2) is 15.7 Å². The van der Waals surface area contributed by atoms with E-state index in [-0.39, 0.29) is 5.78 Å². The van der Waals surface area contributed by atoms with Crippen molar-refractivity contribution < 1.29 is 0 Å². The number of rotatable bonds is 3. The molecule has 1 rings (SSSR count). The molecular weight excluding hydrogens is 217 g/mol. The molecule has 1 aromatic rings. The fourth-order valence-electron chi connectivity index (χ4n) is 0.723. The van der Waals surface area contributed by atoms with Gasteiger partial charge in [-0.25, -0.2) is 0 Å². The lowest BCUT2D eigenvalue weighted by Crippen LogP contribution is -2.09. The van der Waals surface area contributed by atoms with Gasteiger partial charge in [0.1, 0.15) is 5.01 Å². The van der Waals surface area contributed by atoms with Crippen LogP contribution in [-0.2, 0) is 0 Å². The fourth-order valence-corrected chi connectivity index (χ4v) is 1.49. The molecule has 1 heterocycles. The number of hydrogen-bond acceptors (Lipinski definition) is 5. The van der Waals surface area contributed by atoms with E-state index in [9.17, 15) is 0 Å². The van der Waals surface area contributed by atoms with Crippen LogP contribution in [0.15, 0.2) is 10.3 Å². The van der Waals surface area contributed by atoms with Crippen molar-refractivity contribution in [3.8, 4) is 0 Å². The van der Waals surface area contributed by atoms with Crippen molar-refractivity contribution in [2.24, 2.45) is 10.3 Å². The third-order valence-corrected chi connectivity index (χ3v) is 2.64. The van der Waals surface area contributed by atoms with Gasteiger partial charge in [0.05, 0.1) is 5.78 Å². The number of hydrogen-bond donors (Lipinski definition) is 1. The standard InChI is InChI=1S/C7H14N5PS/c1-4(2)6-10-12(7(8)14-6)11-9-5(3)13/h4-5,8H,13H2,1-3H3. The van der Waals surface area contributed by atoms with Gasteiger partial charge in [0.25, 0.3) is 0 Å². The average Bonchev–Trinajstić information content (AvgIpc) is 2.43. The Morgan fingerprint density at radius 3 is 2.57 bits per heavy atom. The Hall–Kier alpha value is -0.610. The van der Waals surface area contributed by atoms with Gasteiger partial charge in [0.15, 0.2) is 0 Å². The van der Waals surface area contributed by atoms with Gasteiger partial charge in [0.2, 0.25) is 4.80 Å². The maximum Gasteiger partial charge on any atom is 0.225 e. The third kappa shape index (κ3) is 2.96. The van der Waals surface area contributed by atoms with E-state index in [1.165, 1.54) is 16.1 Å². The molecule has 2 atom stereocenters. The first kappa shape index (κ1) is 11.5. The highest BCUT2D eigenvalue weighted by molar-refractivity contribution is 7.17. The summed E-state index contributed by atoms with van der Waals surface area (Å²) < 4.78 is 0. The Bertz CT molecular complexity index is 378. The lowest BCUT2D eigenvalue weighted by atomic mass is 10.2. The highest BCUT2D eigenvalue weighted by atomic mass is 32.1. The lowest BCUT2D eigenvalue weighted by molar-refractivity contribution is 0.610. The molecule has 0 aromatic carbocycles. The number of nitrogens with zero attached hydrogens (tertiary/aromatic N) is 4. The quantitative estimate of drug-likeness (QED) is 0.627. The molecule has 0 aliphatic carbocycles. The number of nitrogens with one attached hydrogen (secondary N) is 1. The predicted octanol–water partition coefficient (Wildman–Crippen LogP) is 1.98. The van der Waals surface area contributed by atoms with E-state index in [0.29, 0.717) is 10.7 Å². The number of aromatic nitrogens is 2. The van der Waals surface area contributed by atoms with Gasteiger partial charge >= 0.3 is 0 Å². The van der Waals surface area contributed by atoms with Crippen molar-refractivity contribution in [1.29, 1.82) is 5.41 Å². The molecule has 0 saturated carbocycles. The highest BCUT2D eigenvalue weighted by Gasteiger charge is 2.06. The molecule has 1 aromatic heterocycles. The van der Waals surface area contributed by atoms with Crippen molar-refractivity contribution in [3.63, 3.8) is 0 Å². The summed E-state index contributed by atoms with van der Waals surface area (Å²) in [5.41, 5.74) is 0. The third-order valence-electron chi connectivity index (χ3n) is 1.39. The van der Waals surface area contributed by atoms with Crippen LogP contribution < -0.4 is 4.80 Å². The van der Waals surface area contributed by atoms with Crippen LogP contribution in [0.1, 0.15) is 31.7 Å². The summed E-state index contributed by atoms with van der Waals surface area (Å²) in [7, 11) is 2.51. The Morgan fingerprint density at radius 2 is 2.14 bits per heavy atom. The highest BCUT2D eigenvalue weighted by Crippen LogP contribution is 2.13. The van der Waals surface area contributed by atoms with Crippen LogP contribution in [0, 0.1) is 5.41 Å². The molecule has 0 bridgehead atoms. The Labute approximate surface area is 88.9 Å². The minimum atomic E-state index is 0.0473. The summed E-state index contributed by atoms with van der Waals surface area (Å²) in [5, 5.41) is 20.4. The second-order valence-corrected chi connectivity index (χ2v) is 5.21. The molecule has 0 fully saturated rings. The van der Waals surface area contributed by atoms with E-state index in [1.807, 2.05) is 20.8 Å². The summed E-state index contributed by atoms with van der Waals surface area (Å²) in [6.45, 7) is 5.98. The van der Waals surface area contributed by atoms with Crippen molar-refractivity contribution in [2.75, 3.05) is 0 Å². The van der Waals surface area contributed by atoms with E-state index < -0.39 is 0 Å². The topological polar surface area (TPSA) is 66.4 Å². The summed E-state index contributed by atoms with van der Waals surface area (Å²) in [6, 6.07) is 0. The lowest BCUT2D eigenvalue weighted by Gasteiger charge is -1.95. The zero-order valence-corrected chi connectivity index (χ0v) is 10.4. The van der Waals surface area contributed by atoms with Gasteiger partial charge in [0, 0.05) is 5.92 Å². The zero-order chi connectivity index (χ0) is 10.7. The fraction of sp³-hybridized carbons (Fsp3) is 0.714. The van der Waals surface area contributed by atoms with Gasteiger partial charge in [-0.05, 0) is 12.1 Å².